The number of H-pyrrole nitrogens is 1. The lowest BCUT2D eigenvalue weighted by Crippen LogP contribution is -2.51. The van der Waals surface area contributed by atoms with E-state index in [2.05, 4.69) is 17.2 Å². The highest BCUT2D eigenvalue weighted by atomic mass is 16.5. The fourth-order valence-electron chi connectivity index (χ4n) is 3.59. The van der Waals surface area contributed by atoms with E-state index in [4.69, 9.17) is 4.74 Å². The molecule has 0 bridgehead atoms. The molecule has 108 valence electrons. The van der Waals surface area contributed by atoms with E-state index in [0.717, 1.165) is 29.7 Å². The van der Waals surface area contributed by atoms with Crippen LogP contribution in [0.1, 0.15) is 24.5 Å². The van der Waals surface area contributed by atoms with Gasteiger partial charge >= 0.3 is 11.4 Å². The van der Waals surface area contributed by atoms with E-state index in [1.807, 2.05) is 47.1 Å². The number of hydrogen-bond acceptors (Lipinski definition) is 2. The topological polar surface area (TPSA) is 46.0 Å². The van der Waals surface area contributed by atoms with Crippen molar-refractivity contribution in [2.24, 2.45) is 0 Å². The van der Waals surface area contributed by atoms with Gasteiger partial charge in [0.15, 0.2) is 6.10 Å². The number of nitrogens with zero attached hydrogens (tertiary/aromatic N) is 1. The lowest BCUT2D eigenvalue weighted by Gasteiger charge is -2.11. The summed E-state index contributed by atoms with van der Waals surface area (Å²) < 4.78 is 8.30. The molecule has 1 unspecified atom stereocenters. The summed E-state index contributed by atoms with van der Waals surface area (Å²) in [7, 11) is 0. The van der Waals surface area contributed by atoms with Crippen molar-refractivity contribution in [2.45, 2.75) is 24.5 Å². The highest BCUT2D eigenvalue weighted by Gasteiger charge is 2.68. The number of aromatic amines is 1. The van der Waals surface area contributed by atoms with Gasteiger partial charge in [-0.3, -0.25) is 4.79 Å². The number of hydrogen-bond donors (Lipinski definition) is 1. The van der Waals surface area contributed by atoms with Crippen molar-refractivity contribution in [2.75, 3.05) is 0 Å². The third-order valence-corrected chi connectivity index (χ3v) is 4.85. The van der Waals surface area contributed by atoms with Gasteiger partial charge in [0.05, 0.1) is 5.39 Å². The van der Waals surface area contributed by atoms with Crippen LogP contribution < -0.4 is 15.0 Å². The third kappa shape index (κ3) is 1.42. The Morgan fingerprint density at radius 1 is 1.00 bits per heavy atom. The first-order valence-corrected chi connectivity index (χ1v) is 7.59. The summed E-state index contributed by atoms with van der Waals surface area (Å²) >= 11 is 0. The third-order valence-electron chi connectivity index (χ3n) is 4.85. The smallest absolute Gasteiger partial charge is 0.401 e. The van der Waals surface area contributed by atoms with E-state index in [1.54, 1.807) is 0 Å². The molecule has 0 saturated heterocycles. The molecule has 2 aromatic carbocycles. The van der Waals surface area contributed by atoms with Crippen LogP contribution in [0.5, 0.6) is 5.88 Å². The number of benzene rings is 2. The number of aromatic nitrogens is 2. The molecule has 1 aliphatic carbocycles. The van der Waals surface area contributed by atoms with Gasteiger partial charge in [-0.1, -0.05) is 47.1 Å². The first-order chi connectivity index (χ1) is 10.8. The second-order valence-corrected chi connectivity index (χ2v) is 6.14. The lowest BCUT2D eigenvalue weighted by molar-refractivity contribution is -0.778. The van der Waals surface area contributed by atoms with Crippen LogP contribution in [0.2, 0.25) is 0 Å². The molecule has 4 heteroatoms. The summed E-state index contributed by atoms with van der Waals surface area (Å²) in [6.07, 6.45) is 2.02. The molecule has 22 heavy (non-hydrogen) atoms. The van der Waals surface area contributed by atoms with Crippen LogP contribution in [0, 0.1) is 0 Å². The van der Waals surface area contributed by atoms with Crippen LogP contribution in [-0.4, -0.2) is 5.10 Å². The van der Waals surface area contributed by atoms with Crippen molar-refractivity contribution in [1.82, 2.24) is 5.10 Å². The molecular weight excluding hydrogens is 276 g/mol. The van der Waals surface area contributed by atoms with Crippen molar-refractivity contribution in [1.29, 1.82) is 0 Å². The normalized spacial score (nSPS) is 20.8. The SMILES string of the molecule is O=c1[nH][n+]2c(c3ccccc13)OC(c1ccccc1)C21CC1. The van der Waals surface area contributed by atoms with Gasteiger partial charge in [-0.25, -0.2) is 0 Å². The maximum atomic E-state index is 12.4. The Morgan fingerprint density at radius 2 is 1.68 bits per heavy atom. The van der Waals surface area contributed by atoms with Crippen molar-refractivity contribution in [3.63, 3.8) is 0 Å². The van der Waals surface area contributed by atoms with E-state index in [-0.39, 0.29) is 17.2 Å². The molecule has 4 nitrogen and oxygen atoms in total. The lowest BCUT2D eigenvalue weighted by atomic mass is 10.0. The minimum atomic E-state index is -0.125. The number of rotatable bonds is 1. The van der Waals surface area contributed by atoms with Crippen LogP contribution in [-0.2, 0) is 5.54 Å². The fraction of sp³-hybridized carbons (Fsp3) is 0.222. The first kappa shape index (κ1) is 12.0. The molecule has 1 atom stereocenters. The van der Waals surface area contributed by atoms with Gasteiger partial charge in [0.25, 0.3) is 0 Å². The highest BCUT2D eigenvalue weighted by molar-refractivity contribution is 5.84. The summed E-state index contributed by atoms with van der Waals surface area (Å²) in [5.41, 5.74) is 0.983. The molecule has 0 amide bonds. The monoisotopic (exact) mass is 291 g/mol. The molecule has 1 saturated carbocycles. The van der Waals surface area contributed by atoms with E-state index >= 15 is 0 Å². The van der Waals surface area contributed by atoms with Crippen LogP contribution in [0.15, 0.2) is 59.4 Å². The predicted octanol–water partition coefficient (Wildman–Crippen LogP) is 2.44. The summed E-state index contributed by atoms with van der Waals surface area (Å²) in [4.78, 5) is 12.4. The number of fused-ring (bicyclic) bond motifs is 4. The Hall–Kier alpha value is -2.62. The summed E-state index contributed by atoms with van der Waals surface area (Å²) in [5, 5.41) is 4.58. The summed E-state index contributed by atoms with van der Waals surface area (Å²) in [6.45, 7) is 0. The van der Waals surface area contributed by atoms with E-state index in [1.165, 1.54) is 0 Å². The minimum absolute atomic E-state index is 0.0323. The van der Waals surface area contributed by atoms with Crippen molar-refractivity contribution in [3.8, 4) is 5.88 Å². The van der Waals surface area contributed by atoms with Gasteiger partial charge in [-0.15, -0.1) is 5.10 Å². The molecule has 1 fully saturated rings. The van der Waals surface area contributed by atoms with Gasteiger partial charge in [0.1, 0.15) is 5.39 Å². The maximum absolute atomic E-state index is 12.4. The molecule has 2 heterocycles. The average Bonchev–Trinajstić information content (AvgIpc) is 3.29. The molecule has 0 radical (unpaired) electrons. The second kappa shape index (κ2) is 3.97. The molecule has 2 aliphatic rings. The molecule has 1 aliphatic heterocycles. The largest absolute Gasteiger partial charge is 0.427 e. The van der Waals surface area contributed by atoms with Crippen LogP contribution in [0.3, 0.4) is 0 Å². The Labute approximate surface area is 127 Å². The van der Waals surface area contributed by atoms with Gasteiger partial charge < -0.3 is 4.74 Å². The van der Waals surface area contributed by atoms with E-state index < -0.39 is 0 Å². The van der Waals surface area contributed by atoms with Gasteiger partial charge in [-0.05, 0) is 17.7 Å². The van der Waals surface area contributed by atoms with Crippen LogP contribution in [0.4, 0.5) is 0 Å². The van der Waals surface area contributed by atoms with Gasteiger partial charge in [0.2, 0.25) is 5.54 Å². The summed E-state index contributed by atoms with van der Waals surface area (Å²) in [5.74, 6) is 0.779. The Balaban J connectivity index is 1.78. The van der Waals surface area contributed by atoms with Crippen molar-refractivity contribution >= 4 is 10.8 Å². The molecule has 1 spiro atoms. The van der Waals surface area contributed by atoms with Crippen LogP contribution in [0.25, 0.3) is 10.8 Å². The maximum Gasteiger partial charge on any atom is 0.401 e. The van der Waals surface area contributed by atoms with Crippen molar-refractivity contribution in [3.05, 3.63) is 70.5 Å². The zero-order valence-corrected chi connectivity index (χ0v) is 12.0. The molecule has 3 aromatic rings. The van der Waals surface area contributed by atoms with Gasteiger partial charge in [0, 0.05) is 12.8 Å². The Morgan fingerprint density at radius 3 is 2.41 bits per heavy atom. The zero-order chi connectivity index (χ0) is 14.7. The molecule has 1 aromatic heterocycles. The van der Waals surface area contributed by atoms with Gasteiger partial charge in [-0.2, -0.15) is 0 Å². The molecular formula is C18H15N2O2+. The first-order valence-electron chi connectivity index (χ1n) is 7.59. The second-order valence-electron chi connectivity index (χ2n) is 6.14. The standard InChI is InChI=1S/C18H14N2O2/c21-16-13-8-4-5-9-14(13)17-20(19-16)18(10-11-18)15(22-17)12-6-2-1-3-7-12/h1-9,15H,10-11H2/p+1. The van der Waals surface area contributed by atoms with Crippen LogP contribution >= 0.6 is 0 Å². The number of nitrogens with one attached hydrogen (secondary N) is 1. The zero-order valence-electron chi connectivity index (χ0n) is 12.0. The van der Waals surface area contributed by atoms with Crippen molar-refractivity contribution < 1.29 is 9.42 Å². The quantitative estimate of drug-likeness (QED) is 0.700. The average molecular weight is 291 g/mol. The fourth-order valence-corrected chi connectivity index (χ4v) is 3.59. The summed E-state index contributed by atoms with van der Waals surface area (Å²) in [6, 6.07) is 17.9. The predicted molar refractivity (Wildman–Crippen MR) is 81.8 cm³/mol. The van der Waals surface area contributed by atoms with E-state index in [0.29, 0.717) is 5.39 Å². The number of ether oxygens (including phenoxy) is 1. The Bertz CT molecular complexity index is 942. The highest BCUT2D eigenvalue weighted by Crippen LogP contribution is 2.54. The Kier molecular flexibility index (Phi) is 2.16. The molecule has 5 rings (SSSR count). The molecule has 1 N–H and O–H groups in total. The minimum Gasteiger partial charge on any atom is -0.427 e. The van der Waals surface area contributed by atoms with E-state index in [9.17, 15) is 4.79 Å².